The molecule has 0 aromatic carbocycles. The van der Waals surface area contributed by atoms with Crippen LogP contribution in [0.4, 0.5) is 0 Å². The standard InChI is InChI=1S/C8H16NO2/c1-3-7(2)9-6-4-5-8(10)11/h7,9H,2-6H2,1H3,(H,10,11). The second-order valence-electron chi connectivity index (χ2n) is 2.56. The van der Waals surface area contributed by atoms with Crippen molar-refractivity contribution in [3.05, 3.63) is 6.92 Å². The van der Waals surface area contributed by atoms with Gasteiger partial charge in [0, 0.05) is 12.5 Å². The van der Waals surface area contributed by atoms with Crippen molar-refractivity contribution in [3.63, 3.8) is 0 Å². The van der Waals surface area contributed by atoms with Crippen molar-refractivity contribution in [2.24, 2.45) is 0 Å². The molecule has 11 heavy (non-hydrogen) atoms. The van der Waals surface area contributed by atoms with Gasteiger partial charge >= 0.3 is 5.97 Å². The number of carbonyl (C=O) groups is 1. The van der Waals surface area contributed by atoms with Crippen molar-refractivity contribution in [2.45, 2.75) is 32.2 Å². The first-order valence-electron chi connectivity index (χ1n) is 3.95. The molecule has 1 unspecified atom stereocenters. The molecule has 0 spiro atoms. The second kappa shape index (κ2) is 6.16. The van der Waals surface area contributed by atoms with E-state index in [0.717, 1.165) is 13.0 Å². The Balaban J connectivity index is 3.08. The lowest BCUT2D eigenvalue weighted by molar-refractivity contribution is -0.137. The molecular formula is C8H16NO2. The molecule has 1 atom stereocenters. The van der Waals surface area contributed by atoms with E-state index in [-0.39, 0.29) is 12.5 Å². The highest BCUT2D eigenvalue weighted by Gasteiger charge is 1.98. The van der Waals surface area contributed by atoms with E-state index in [9.17, 15) is 4.79 Å². The maximum atomic E-state index is 10.1. The number of hydrogen-bond acceptors (Lipinski definition) is 2. The van der Waals surface area contributed by atoms with Crippen LogP contribution in [-0.4, -0.2) is 23.7 Å². The molecule has 0 rings (SSSR count). The van der Waals surface area contributed by atoms with Gasteiger partial charge in [-0.15, -0.1) is 0 Å². The van der Waals surface area contributed by atoms with E-state index in [1.54, 1.807) is 0 Å². The maximum Gasteiger partial charge on any atom is 0.303 e. The van der Waals surface area contributed by atoms with E-state index in [4.69, 9.17) is 5.11 Å². The van der Waals surface area contributed by atoms with Gasteiger partial charge in [0.25, 0.3) is 0 Å². The summed E-state index contributed by atoms with van der Waals surface area (Å²) in [6.45, 7) is 6.60. The van der Waals surface area contributed by atoms with Gasteiger partial charge in [-0.25, -0.2) is 0 Å². The second-order valence-corrected chi connectivity index (χ2v) is 2.56. The Bertz CT molecular complexity index is 115. The van der Waals surface area contributed by atoms with Crippen LogP contribution in [0.25, 0.3) is 0 Å². The van der Waals surface area contributed by atoms with E-state index >= 15 is 0 Å². The fourth-order valence-electron chi connectivity index (χ4n) is 0.690. The number of rotatable bonds is 6. The first-order chi connectivity index (χ1) is 5.16. The number of carboxylic acids is 1. The zero-order valence-electron chi connectivity index (χ0n) is 6.97. The van der Waals surface area contributed by atoms with Gasteiger partial charge in [-0.05, 0) is 26.3 Å². The Kier molecular flexibility index (Phi) is 5.84. The molecule has 0 aliphatic carbocycles. The van der Waals surface area contributed by atoms with Gasteiger partial charge in [-0.2, -0.15) is 0 Å². The van der Waals surface area contributed by atoms with E-state index < -0.39 is 5.97 Å². The molecule has 65 valence electrons. The first kappa shape index (κ1) is 10.4. The smallest absolute Gasteiger partial charge is 0.303 e. The average molecular weight is 158 g/mol. The molecule has 0 saturated heterocycles. The summed E-state index contributed by atoms with van der Waals surface area (Å²) in [6, 6.07) is 0.254. The molecule has 0 heterocycles. The summed E-state index contributed by atoms with van der Waals surface area (Å²) in [5.74, 6) is -0.732. The van der Waals surface area contributed by atoms with Crippen molar-refractivity contribution < 1.29 is 9.90 Å². The summed E-state index contributed by atoms with van der Waals surface area (Å²) in [6.07, 6.45) is 1.90. The Morgan fingerprint density at radius 3 is 2.82 bits per heavy atom. The molecule has 0 aliphatic heterocycles. The third-order valence-electron chi connectivity index (χ3n) is 1.49. The molecule has 0 fully saturated rings. The molecule has 0 saturated carbocycles. The molecule has 1 radical (unpaired) electrons. The molecular weight excluding hydrogens is 142 g/mol. The van der Waals surface area contributed by atoms with Crippen LogP contribution in [0.5, 0.6) is 0 Å². The monoisotopic (exact) mass is 158 g/mol. The topological polar surface area (TPSA) is 49.3 Å². The molecule has 3 nitrogen and oxygen atoms in total. The van der Waals surface area contributed by atoms with E-state index in [2.05, 4.69) is 12.2 Å². The van der Waals surface area contributed by atoms with Crippen molar-refractivity contribution >= 4 is 5.97 Å². The Morgan fingerprint density at radius 1 is 1.73 bits per heavy atom. The third kappa shape index (κ3) is 7.33. The number of carboxylic acid groups (broad SMARTS) is 1. The predicted molar refractivity (Wildman–Crippen MR) is 44.3 cm³/mol. The first-order valence-corrected chi connectivity index (χ1v) is 3.95. The van der Waals surface area contributed by atoms with Gasteiger partial charge in [0.2, 0.25) is 0 Å². The zero-order chi connectivity index (χ0) is 8.69. The number of hydrogen-bond donors (Lipinski definition) is 2. The Labute approximate surface area is 67.8 Å². The van der Waals surface area contributed by atoms with Gasteiger partial charge < -0.3 is 10.4 Å². The van der Waals surface area contributed by atoms with Crippen LogP contribution < -0.4 is 5.32 Å². The summed E-state index contributed by atoms with van der Waals surface area (Å²) in [4.78, 5) is 10.1. The molecule has 0 amide bonds. The Morgan fingerprint density at radius 2 is 2.36 bits per heavy atom. The van der Waals surface area contributed by atoms with Crippen molar-refractivity contribution in [1.29, 1.82) is 0 Å². The zero-order valence-corrected chi connectivity index (χ0v) is 6.97. The van der Waals surface area contributed by atoms with Crippen LogP contribution in [-0.2, 0) is 4.79 Å². The lowest BCUT2D eigenvalue weighted by atomic mass is 10.2. The van der Waals surface area contributed by atoms with Gasteiger partial charge in [0.15, 0.2) is 0 Å². The van der Waals surface area contributed by atoms with E-state index in [0.29, 0.717) is 6.42 Å². The highest BCUT2D eigenvalue weighted by molar-refractivity contribution is 5.66. The lowest BCUT2D eigenvalue weighted by Gasteiger charge is -2.09. The summed E-state index contributed by atoms with van der Waals surface area (Å²) in [7, 11) is 0. The van der Waals surface area contributed by atoms with Crippen LogP contribution in [0.3, 0.4) is 0 Å². The van der Waals surface area contributed by atoms with Gasteiger partial charge in [-0.3, -0.25) is 4.79 Å². The highest BCUT2D eigenvalue weighted by atomic mass is 16.4. The normalized spacial score (nSPS) is 12.9. The molecule has 0 aliphatic rings. The van der Waals surface area contributed by atoms with Crippen LogP contribution in [0, 0.1) is 6.92 Å². The van der Waals surface area contributed by atoms with E-state index in [1.165, 1.54) is 0 Å². The fourth-order valence-corrected chi connectivity index (χ4v) is 0.690. The molecule has 0 aromatic rings. The molecule has 0 aromatic heterocycles. The molecule has 2 N–H and O–H groups in total. The van der Waals surface area contributed by atoms with Crippen LogP contribution in [0.2, 0.25) is 0 Å². The summed E-state index contributed by atoms with van der Waals surface area (Å²) in [5.41, 5.74) is 0. The molecule has 3 heteroatoms. The predicted octanol–water partition coefficient (Wildman–Crippen LogP) is 1.05. The minimum absolute atomic E-state index is 0.240. The number of nitrogens with one attached hydrogen (secondary N) is 1. The number of aliphatic carboxylic acids is 1. The van der Waals surface area contributed by atoms with Gasteiger partial charge in [0.1, 0.15) is 0 Å². The van der Waals surface area contributed by atoms with Crippen molar-refractivity contribution in [1.82, 2.24) is 5.32 Å². The van der Waals surface area contributed by atoms with Gasteiger partial charge in [-0.1, -0.05) is 6.92 Å². The minimum Gasteiger partial charge on any atom is -0.481 e. The summed E-state index contributed by atoms with van der Waals surface area (Å²) < 4.78 is 0. The summed E-state index contributed by atoms with van der Waals surface area (Å²) >= 11 is 0. The average Bonchev–Trinajstić information content (AvgIpc) is 1.97. The Hall–Kier alpha value is -0.570. The highest BCUT2D eigenvalue weighted by Crippen LogP contribution is 1.90. The largest absolute Gasteiger partial charge is 0.481 e. The minimum atomic E-state index is -0.732. The quantitative estimate of drug-likeness (QED) is 0.568. The van der Waals surface area contributed by atoms with Crippen molar-refractivity contribution in [2.75, 3.05) is 6.54 Å². The maximum absolute atomic E-state index is 10.1. The molecule has 0 bridgehead atoms. The van der Waals surface area contributed by atoms with Crippen molar-refractivity contribution in [3.8, 4) is 0 Å². The van der Waals surface area contributed by atoms with Crippen LogP contribution >= 0.6 is 0 Å². The van der Waals surface area contributed by atoms with Crippen LogP contribution in [0.15, 0.2) is 0 Å². The fraction of sp³-hybridized carbons (Fsp3) is 0.750. The SMILES string of the molecule is [CH2]C(CC)NCCCC(=O)O. The lowest BCUT2D eigenvalue weighted by Crippen LogP contribution is -2.26. The van der Waals surface area contributed by atoms with Crippen LogP contribution in [0.1, 0.15) is 26.2 Å². The third-order valence-corrected chi connectivity index (χ3v) is 1.49. The van der Waals surface area contributed by atoms with Gasteiger partial charge in [0.05, 0.1) is 0 Å². The van der Waals surface area contributed by atoms with E-state index in [1.807, 2.05) is 6.92 Å². The summed E-state index contributed by atoms with van der Waals surface area (Å²) in [5, 5.41) is 11.4.